The van der Waals surface area contributed by atoms with Crippen LogP contribution in [0.2, 0.25) is 0 Å². The van der Waals surface area contributed by atoms with E-state index in [0.717, 1.165) is 19.4 Å². The van der Waals surface area contributed by atoms with E-state index in [2.05, 4.69) is 6.92 Å². The van der Waals surface area contributed by atoms with Crippen LogP contribution in [0.4, 0.5) is 0 Å². The monoisotopic (exact) mass is 219 g/mol. The first-order valence-corrected chi connectivity index (χ1v) is 5.55. The van der Waals surface area contributed by atoms with Crippen molar-refractivity contribution in [3.63, 3.8) is 0 Å². The Morgan fingerprint density at radius 1 is 1.07 bits per heavy atom. The van der Waals surface area contributed by atoms with Crippen LogP contribution in [0.1, 0.15) is 26.7 Å². The molecule has 0 radical (unpaired) electrons. The molecule has 0 aromatic carbocycles. The maximum absolute atomic E-state index is 5.92. The van der Waals surface area contributed by atoms with Gasteiger partial charge in [-0.1, -0.05) is 6.92 Å². The normalized spacial score (nSPS) is 15.2. The SMILES string of the molecule is CCC(C)(N)COCCCOCCOC. The highest BCUT2D eigenvalue weighted by atomic mass is 16.5. The lowest BCUT2D eigenvalue weighted by atomic mass is 10.0. The van der Waals surface area contributed by atoms with Crippen molar-refractivity contribution in [1.29, 1.82) is 0 Å². The van der Waals surface area contributed by atoms with E-state index in [-0.39, 0.29) is 5.54 Å². The fourth-order valence-corrected chi connectivity index (χ4v) is 0.915. The molecule has 1 atom stereocenters. The lowest BCUT2D eigenvalue weighted by Crippen LogP contribution is -2.40. The molecule has 0 aliphatic rings. The van der Waals surface area contributed by atoms with Crippen LogP contribution in [-0.2, 0) is 14.2 Å². The van der Waals surface area contributed by atoms with E-state index < -0.39 is 0 Å². The zero-order valence-corrected chi connectivity index (χ0v) is 10.3. The van der Waals surface area contributed by atoms with Crippen LogP contribution in [0.15, 0.2) is 0 Å². The first-order chi connectivity index (χ1) is 7.12. The van der Waals surface area contributed by atoms with Crippen LogP contribution < -0.4 is 5.73 Å². The number of nitrogens with two attached hydrogens (primary N) is 1. The number of rotatable bonds is 10. The van der Waals surface area contributed by atoms with Crippen molar-refractivity contribution in [2.75, 3.05) is 40.1 Å². The summed E-state index contributed by atoms with van der Waals surface area (Å²) in [5, 5.41) is 0. The third kappa shape index (κ3) is 10.1. The van der Waals surface area contributed by atoms with Gasteiger partial charge in [0.2, 0.25) is 0 Å². The Kier molecular flexibility index (Phi) is 9.00. The van der Waals surface area contributed by atoms with Gasteiger partial charge in [-0.2, -0.15) is 0 Å². The Bertz CT molecular complexity index is 140. The van der Waals surface area contributed by atoms with E-state index in [1.165, 1.54) is 0 Å². The van der Waals surface area contributed by atoms with Gasteiger partial charge in [0, 0.05) is 25.9 Å². The third-order valence-electron chi connectivity index (χ3n) is 2.25. The molecule has 15 heavy (non-hydrogen) atoms. The second-order valence-corrected chi connectivity index (χ2v) is 4.02. The molecule has 0 aromatic rings. The van der Waals surface area contributed by atoms with Gasteiger partial charge >= 0.3 is 0 Å². The summed E-state index contributed by atoms with van der Waals surface area (Å²) in [5.41, 5.74) is 5.73. The fraction of sp³-hybridized carbons (Fsp3) is 1.00. The zero-order chi connectivity index (χ0) is 11.6. The molecule has 0 aliphatic heterocycles. The molecule has 0 fully saturated rings. The molecule has 0 amide bonds. The predicted octanol–water partition coefficient (Wildman–Crippen LogP) is 1.18. The summed E-state index contributed by atoms with van der Waals surface area (Å²) in [6.45, 7) is 7.41. The summed E-state index contributed by atoms with van der Waals surface area (Å²) >= 11 is 0. The second kappa shape index (κ2) is 9.09. The molecule has 2 N–H and O–H groups in total. The largest absolute Gasteiger partial charge is 0.382 e. The molecule has 92 valence electrons. The Balaban J connectivity index is 3.11. The van der Waals surface area contributed by atoms with Crippen molar-refractivity contribution in [3.8, 4) is 0 Å². The van der Waals surface area contributed by atoms with E-state index in [4.69, 9.17) is 19.9 Å². The van der Waals surface area contributed by atoms with Crippen molar-refractivity contribution in [1.82, 2.24) is 0 Å². The molecule has 0 bridgehead atoms. The summed E-state index contributed by atoms with van der Waals surface area (Å²) in [4.78, 5) is 0. The standard InChI is InChI=1S/C11H25NO3/c1-4-11(2,12)10-15-7-5-6-14-9-8-13-3/h4-10,12H2,1-3H3. The van der Waals surface area contributed by atoms with Gasteiger partial charge in [0.25, 0.3) is 0 Å². The minimum Gasteiger partial charge on any atom is -0.382 e. The van der Waals surface area contributed by atoms with Gasteiger partial charge in [-0.3, -0.25) is 0 Å². The minimum atomic E-state index is -0.198. The highest BCUT2D eigenvalue weighted by molar-refractivity contribution is 4.75. The quantitative estimate of drug-likeness (QED) is 0.561. The predicted molar refractivity (Wildman–Crippen MR) is 61.0 cm³/mol. The van der Waals surface area contributed by atoms with E-state index in [1.54, 1.807) is 7.11 Å². The minimum absolute atomic E-state index is 0.198. The molecular formula is C11H25NO3. The van der Waals surface area contributed by atoms with Crippen molar-refractivity contribution in [2.45, 2.75) is 32.2 Å². The fourth-order valence-electron chi connectivity index (χ4n) is 0.915. The molecule has 0 rings (SSSR count). The van der Waals surface area contributed by atoms with Crippen molar-refractivity contribution in [2.24, 2.45) is 5.73 Å². The molecule has 0 heterocycles. The number of methoxy groups -OCH3 is 1. The van der Waals surface area contributed by atoms with Gasteiger partial charge in [-0.25, -0.2) is 0 Å². The average molecular weight is 219 g/mol. The summed E-state index contributed by atoms with van der Waals surface area (Å²) in [5.74, 6) is 0. The molecular weight excluding hydrogens is 194 g/mol. The maximum Gasteiger partial charge on any atom is 0.0700 e. The molecule has 0 aromatic heterocycles. The van der Waals surface area contributed by atoms with Gasteiger partial charge in [-0.05, 0) is 19.8 Å². The Morgan fingerprint density at radius 2 is 1.73 bits per heavy atom. The highest BCUT2D eigenvalue weighted by Gasteiger charge is 2.14. The summed E-state index contributed by atoms with van der Waals surface area (Å²) in [6.07, 6.45) is 1.83. The van der Waals surface area contributed by atoms with Crippen LogP contribution in [0.25, 0.3) is 0 Å². The smallest absolute Gasteiger partial charge is 0.0700 e. The first-order valence-electron chi connectivity index (χ1n) is 5.55. The van der Waals surface area contributed by atoms with Crippen LogP contribution in [0, 0.1) is 0 Å². The van der Waals surface area contributed by atoms with Crippen LogP contribution in [0.5, 0.6) is 0 Å². The summed E-state index contributed by atoms with van der Waals surface area (Å²) < 4.78 is 15.6. The van der Waals surface area contributed by atoms with Gasteiger partial charge in [0.1, 0.15) is 0 Å². The lowest BCUT2D eigenvalue weighted by Gasteiger charge is -2.22. The molecule has 4 nitrogen and oxygen atoms in total. The molecule has 1 unspecified atom stereocenters. The van der Waals surface area contributed by atoms with Crippen molar-refractivity contribution < 1.29 is 14.2 Å². The van der Waals surface area contributed by atoms with Crippen LogP contribution >= 0.6 is 0 Å². The Morgan fingerprint density at radius 3 is 2.33 bits per heavy atom. The van der Waals surface area contributed by atoms with E-state index in [1.807, 2.05) is 6.92 Å². The average Bonchev–Trinajstić information content (AvgIpc) is 2.22. The van der Waals surface area contributed by atoms with Gasteiger partial charge < -0.3 is 19.9 Å². The molecule has 0 saturated heterocycles. The first kappa shape index (κ1) is 14.8. The number of hydrogen-bond acceptors (Lipinski definition) is 4. The summed E-state index contributed by atoms with van der Waals surface area (Å²) in [7, 11) is 1.67. The van der Waals surface area contributed by atoms with Crippen molar-refractivity contribution in [3.05, 3.63) is 0 Å². The number of ether oxygens (including phenoxy) is 3. The Labute approximate surface area is 93.1 Å². The van der Waals surface area contributed by atoms with Crippen molar-refractivity contribution >= 4 is 0 Å². The van der Waals surface area contributed by atoms with Gasteiger partial charge in [0.15, 0.2) is 0 Å². The van der Waals surface area contributed by atoms with Crippen LogP contribution in [-0.4, -0.2) is 45.7 Å². The second-order valence-electron chi connectivity index (χ2n) is 4.02. The van der Waals surface area contributed by atoms with Gasteiger partial charge in [-0.15, -0.1) is 0 Å². The topological polar surface area (TPSA) is 53.7 Å². The highest BCUT2D eigenvalue weighted by Crippen LogP contribution is 2.04. The third-order valence-corrected chi connectivity index (χ3v) is 2.25. The van der Waals surface area contributed by atoms with Crippen LogP contribution in [0.3, 0.4) is 0 Å². The summed E-state index contributed by atoms with van der Waals surface area (Å²) in [6, 6.07) is 0. The zero-order valence-electron chi connectivity index (χ0n) is 10.3. The Hall–Kier alpha value is -0.160. The molecule has 0 aliphatic carbocycles. The number of hydrogen-bond donors (Lipinski definition) is 1. The molecule has 0 spiro atoms. The molecule has 4 heteroatoms. The van der Waals surface area contributed by atoms with E-state index >= 15 is 0 Å². The van der Waals surface area contributed by atoms with E-state index in [9.17, 15) is 0 Å². The maximum atomic E-state index is 5.92. The molecule has 0 saturated carbocycles. The van der Waals surface area contributed by atoms with E-state index in [0.29, 0.717) is 26.4 Å². The van der Waals surface area contributed by atoms with Gasteiger partial charge in [0.05, 0.1) is 19.8 Å². The lowest BCUT2D eigenvalue weighted by molar-refractivity contribution is 0.0417.